The molecule has 0 unspecified atom stereocenters. The molecule has 0 radical (unpaired) electrons. The van der Waals surface area contributed by atoms with E-state index in [2.05, 4.69) is 20.8 Å². The van der Waals surface area contributed by atoms with Crippen LogP contribution in [0.5, 0.6) is 0 Å². The highest BCUT2D eigenvalue weighted by atomic mass is 16.8. The van der Waals surface area contributed by atoms with Crippen molar-refractivity contribution >= 4 is 11.8 Å². The second kappa shape index (κ2) is 18.4. The number of allylic oxidation sites excluding steroid dienone is 2. The maximum Gasteiger partial charge on any atom is 0.310 e. The van der Waals surface area contributed by atoms with Gasteiger partial charge < -0.3 is 53.2 Å². The number of rotatable bonds is 12. The molecule has 6 fully saturated rings. The van der Waals surface area contributed by atoms with Crippen LogP contribution in [0.3, 0.4) is 0 Å². The zero-order valence-electron chi connectivity index (χ0n) is 38.3. The fraction of sp³-hybridized carbons (Fsp3) is 0.872. The molecule has 13 nitrogen and oxygen atoms in total. The first-order chi connectivity index (χ1) is 28.0. The van der Waals surface area contributed by atoms with Gasteiger partial charge in [-0.1, -0.05) is 46.8 Å². The van der Waals surface area contributed by atoms with Crippen molar-refractivity contribution in [3.8, 4) is 0 Å². The molecule has 0 saturated carbocycles. The van der Waals surface area contributed by atoms with Gasteiger partial charge in [0.25, 0.3) is 0 Å². The molecule has 6 saturated heterocycles. The summed E-state index contributed by atoms with van der Waals surface area (Å²) in [5, 5.41) is 32.1. The summed E-state index contributed by atoms with van der Waals surface area (Å²) in [6, 6.07) is 0. The number of ketones is 1. The minimum Gasteiger partial charge on any atom is -0.481 e. The zero-order valence-corrected chi connectivity index (χ0v) is 38.3. The van der Waals surface area contributed by atoms with Crippen LogP contribution in [0.25, 0.3) is 0 Å². The summed E-state index contributed by atoms with van der Waals surface area (Å²) < 4.78 is 53.4. The second-order valence-electron chi connectivity index (χ2n) is 20.2. The molecule has 3 N–H and O–H groups in total. The number of methoxy groups -OCH3 is 1. The Balaban J connectivity index is 1.20. The largest absolute Gasteiger partial charge is 0.481 e. The van der Waals surface area contributed by atoms with Crippen LogP contribution in [0.4, 0.5) is 0 Å². The van der Waals surface area contributed by atoms with E-state index in [1.54, 1.807) is 34.8 Å². The number of ether oxygens (including phenoxy) is 8. The Kier molecular flexibility index (Phi) is 14.6. The quantitative estimate of drug-likeness (QED) is 0.170. The monoisotopic (exact) mass is 849 g/mol. The minimum atomic E-state index is -1.26. The maximum absolute atomic E-state index is 13.2. The Morgan fingerprint density at radius 1 is 0.883 bits per heavy atom. The molecule has 0 aromatic heterocycles. The first-order valence-electron chi connectivity index (χ1n) is 22.8. The lowest BCUT2D eigenvalue weighted by atomic mass is 9.77. The van der Waals surface area contributed by atoms with Crippen LogP contribution in [-0.4, -0.2) is 113 Å². The van der Waals surface area contributed by atoms with Gasteiger partial charge in [0.05, 0.1) is 60.9 Å². The normalized spacial score (nSPS) is 47.7. The lowest BCUT2D eigenvalue weighted by Gasteiger charge is -2.52. The van der Waals surface area contributed by atoms with Crippen LogP contribution >= 0.6 is 0 Å². The molecule has 6 aliphatic heterocycles. The Morgan fingerprint density at radius 2 is 1.58 bits per heavy atom. The lowest BCUT2D eigenvalue weighted by molar-refractivity contribution is -0.377. The van der Waals surface area contributed by atoms with Crippen molar-refractivity contribution < 1.29 is 62.8 Å². The third-order valence-electron chi connectivity index (χ3n) is 15.3. The fourth-order valence-corrected chi connectivity index (χ4v) is 11.3. The van der Waals surface area contributed by atoms with Gasteiger partial charge in [0.1, 0.15) is 0 Å². The Hall–Kier alpha value is -1.78. The molecule has 60 heavy (non-hydrogen) atoms. The van der Waals surface area contributed by atoms with Crippen LogP contribution in [0.15, 0.2) is 23.3 Å². The number of Topliss-reactive ketones (excluding diaryl/α,β-unsaturated/α-hetero) is 1. The van der Waals surface area contributed by atoms with E-state index in [4.69, 9.17) is 37.9 Å². The first kappa shape index (κ1) is 47.7. The van der Waals surface area contributed by atoms with E-state index in [9.17, 15) is 24.9 Å². The van der Waals surface area contributed by atoms with Crippen molar-refractivity contribution in [1.29, 1.82) is 0 Å². The van der Waals surface area contributed by atoms with Crippen molar-refractivity contribution in [2.45, 2.75) is 206 Å². The summed E-state index contributed by atoms with van der Waals surface area (Å²) >= 11 is 0. The summed E-state index contributed by atoms with van der Waals surface area (Å²) in [5.41, 5.74) is 0.109. The topological polar surface area (TPSA) is 169 Å². The summed E-state index contributed by atoms with van der Waals surface area (Å²) in [4.78, 5) is 24.6. The smallest absolute Gasteiger partial charge is 0.310 e. The molecule has 2 spiro atoms. The number of aliphatic carboxylic acids is 1. The first-order valence-corrected chi connectivity index (χ1v) is 22.8. The van der Waals surface area contributed by atoms with Gasteiger partial charge >= 0.3 is 5.97 Å². The van der Waals surface area contributed by atoms with E-state index in [-0.39, 0.29) is 78.1 Å². The van der Waals surface area contributed by atoms with Crippen molar-refractivity contribution in [2.75, 3.05) is 13.7 Å². The molecule has 0 aliphatic carbocycles. The number of carboxylic acids is 1. The van der Waals surface area contributed by atoms with Gasteiger partial charge in [-0.05, 0) is 97.1 Å². The van der Waals surface area contributed by atoms with Crippen LogP contribution < -0.4 is 0 Å². The minimum absolute atomic E-state index is 0.00952. The molecule has 0 aromatic rings. The standard InChI is InChI=1S/C47H76O13/c1-25(40(49)26(2)20-29(5)43(50)51)19-27(3)41-32(8)35(48)23-46(59-41)18-17-44(10,60-46)38-15-13-34(24-54-39-16-14-36(53-12)33(9)55-39)47(57-38)31(7)22-37(56-47)42-28(4)21-30(6)45(11,52)58-42/h19-20,27-39,41-42,48,52H,13-18,21-24H2,1-12H3,(H,50,51)/b25-19+,26-20+/t27-,28-,29-,30+,31-,32-,33+,34-,35-,36-,37+,38+,39+,41+,42-,44-,45-,46+,47-/m0/s1. The van der Waals surface area contributed by atoms with Gasteiger partial charge in [-0.15, -0.1) is 0 Å². The molecule has 19 atom stereocenters. The number of aliphatic hydroxyl groups excluding tert-OH is 1. The molecule has 13 heteroatoms. The fourth-order valence-electron chi connectivity index (χ4n) is 11.3. The zero-order chi connectivity index (χ0) is 44.1. The molecule has 6 aliphatic rings. The number of hydrogen-bond donors (Lipinski definition) is 3. The van der Waals surface area contributed by atoms with Gasteiger partial charge in [-0.2, -0.15) is 0 Å². The van der Waals surface area contributed by atoms with E-state index in [0.29, 0.717) is 49.9 Å². The van der Waals surface area contributed by atoms with Crippen molar-refractivity contribution in [2.24, 2.45) is 41.4 Å². The maximum atomic E-state index is 13.2. The molecular weight excluding hydrogens is 773 g/mol. The third kappa shape index (κ3) is 9.66. The number of carbonyl (C=O) groups excluding carboxylic acids is 1. The molecule has 6 heterocycles. The van der Waals surface area contributed by atoms with Crippen LogP contribution in [0.1, 0.15) is 134 Å². The SMILES string of the molecule is CO[C@H]1CC[C@H](OC[C@@H]2CC[C@H]([C@]3(C)CC[C@]4(C[C@H](O)[C@H](C)[C@@H]([C@@H](C)/C=C(\C)C(=O)/C(C)=C/[C@H](C)C(=O)O)O4)O3)O[C@]23O[C@@H]([C@H]2O[C@](C)(O)[C@H](C)C[C@@H]2C)C[C@@H]3C)O[C@@H]1C. The van der Waals surface area contributed by atoms with Gasteiger partial charge in [-0.25, -0.2) is 0 Å². The van der Waals surface area contributed by atoms with Gasteiger partial charge in [-0.3, -0.25) is 9.59 Å². The summed E-state index contributed by atoms with van der Waals surface area (Å²) in [6.07, 6.45) is 6.94. The predicted octanol–water partition coefficient (Wildman–Crippen LogP) is 7.10. The average molecular weight is 849 g/mol. The molecule has 0 bridgehead atoms. The van der Waals surface area contributed by atoms with Gasteiger partial charge in [0.2, 0.25) is 0 Å². The highest BCUT2D eigenvalue weighted by Crippen LogP contribution is 2.56. The van der Waals surface area contributed by atoms with E-state index in [1.165, 1.54) is 6.08 Å². The van der Waals surface area contributed by atoms with Crippen LogP contribution in [0, 0.1) is 41.4 Å². The molecule has 342 valence electrons. The average Bonchev–Trinajstić information content (AvgIpc) is 3.69. The van der Waals surface area contributed by atoms with E-state index < -0.39 is 47.1 Å². The third-order valence-corrected chi connectivity index (χ3v) is 15.3. The van der Waals surface area contributed by atoms with Gasteiger partial charge in [0.15, 0.2) is 29.4 Å². The Morgan fingerprint density at radius 3 is 2.25 bits per heavy atom. The van der Waals surface area contributed by atoms with E-state index >= 15 is 0 Å². The number of hydrogen-bond acceptors (Lipinski definition) is 12. The number of carboxylic acid groups (broad SMARTS) is 1. The lowest BCUT2D eigenvalue weighted by Crippen LogP contribution is -2.60. The number of carbonyl (C=O) groups is 2. The number of aliphatic hydroxyl groups is 2. The summed E-state index contributed by atoms with van der Waals surface area (Å²) in [5.74, 6) is -5.75. The van der Waals surface area contributed by atoms with E-state index in [1.807, 2.05) is 33.8 Å². The van der Waals surface area contributed by atoms with Crippen molar-refractivity contribution in [1.82, 2.24) is 0 Å². The molecule has 0 amide bonds. The highest BCUT2D eigenvalue weighted by molar-refractivity contribution is 6.07. The summed E-state index contributed by atoms with van der Waals surface area (Å²) in [6.45, 7) is 21.5. The van der Waals surface area contributed by atoms with Crippen LogP contribution in [-0.2, 0) is 47.5 Å². The second-order valence-corrected chi connectivity index (χ2v) is 20.2. The molecule has 0 aromatic carbocycles. The van der Waals surface area contributed by atoms with Crippen molar-refractivity contribution in [3.63, 3.8) is 0 Å². The molecular formula is C47H76O13. The van der Waals surface area contributed by atoms with Crippen molar-refractivity contribution in [3.05, 3.63) is 23.3 Å². The molecule has 6 rings (SSSR count). The van der Waals surface area contributed by atoms with Gasteiger partial charge in [0, 0.05) is 56.0 Å². The Bertz CT molecular complexity index is 1600. The predicted molar refractivity (Wildman–Crippen MR) is 222 cm³/mol. The Labute approximate surface area is 358 Å². The highest BCUT2D eigenvalue weighted by Gasteiger charge is 2.64. The van der Waals surface area contributed by atoms with Crippen LogP contribution in [0.2, 0.25) is 0 Å². The van der Waals surface area contributed by atoms with E-state index in [0.717, 1.165) is 25.7 Å². The summed E-state index contributed by atoms with van der Waals surface area (Å²) in [7, 11) is 1.72.